The van der Waals surface area contributed by atoms with Crippen LogP contribution in [0.5, 0.6) is 5.75 Å². The van der Waals surface area contributed by atoms with Gasteiger partial charge in [0.25, 0.3) is 6.71 Å². The van der Waals surface area contributed by atoms with Crippen LogP contribution in [0.4, 0.5) is 47.3 Å². The Morgan fingerprint density at radius 1 is 0.426 bits per heavy atom. The maximum atomic E-state index is 14.1. The molecule has 7 aromatic carbocycles. The van der Waals surface area contributed by atoms with Crippen LogP contribution < -0.4 is 30.9 Å². The van der Waals surface area contributed by atoms with Gasteiger partial charge in [0, 0.05) is 46.3 Å². The number of alkyl halides is 3. The van der Waals surface area contributed by atoms with Crippen molar-refractivity contribution in [2.45, 2.75) is 34.1 Å². The van der Waals surface area contributed by atoms with Crippen LogP contribution in [0.25, 0.3) is 22.3 Å². The Kier molecular flexibility index (Phi) is 7.93. The summed E-state index contributed by atoms with van der Waals surface area (Å²) in [6.07, 6.45) is -4.88. The van der Waals surface area contributed by atoms with Crippen molar-refractivity contribution in [2.24, 2.45) is 0 Å². The number of anilines is 6. The smallest absolute Gasteiger partial charge is 0.406 e. The van der Waals surface area contributed by atoms with E-state index in [0.717, 1.165) is 72.5 Å². The maximum Gasteiger partial charge on any atom is 0.573 e. The van der Waals surface area contributed by atoms with Crippen LogP contribution in [0.2, 0.25) is 0 Å². The minimum absolute atomic E-state index is 0.274. The predicted molar refractivity (Wildman–Crippen MR) is 217 cm³/mol. The standard InChI is InChI=1S/C47H36BF3N2O/c1-29-5-13-33(14-6-29)35-17-23-42-40(25-35)48-41-26-36(34-15-7-30(2)8-16-34)18-24-43(41)53(38-21-11-32(4)12-22-38)45-28-39(54-47(49,50)51)27-44(46(45)48)52(42)37-19-9-31(3)10-20-37/h5-28H,1-4H3. The van der Waals surface area contributed by atoms with Gasteiger partial charge in [0.15, 0.2) is 0 Å². The molecule has 0 radical (unpaired) electrons. The topological polar surface area (TPSA) is 15.7 Å². The van der Waals surface area contributed by atoms with Gasteiger partial charge < -0.3 is 14.5 Å². The number of hydrogen-bond acceptors (Lipinski definition) is 3. The fourth-order valence-electron chi connectivity index (χ4n) is 7.97. The largest absolute Gasteiger partial charge is 0.573 e. The van der Waals surface area contributed by atoms with Gasteiger partial charge in [-0.2, -0.15) is 0 Å². The van der Waals surface area contributed by atoms with Crippen molar-refractivity contribution in [1.82, 2.24) is 0 Å². The zero-order valence-corrected chi connectivity index (χ0v) is 30.4. The van der Waals surface area contributed by atoms with E-state index in [2.05, 4.69) is 109 Å². The summed E-state index contributed by atoms with van der Waals surface area (Å²) in [4.78, 5) is 4.18. The highest BCUT2D eigenvalue weighted by Gasteiger charge is 2.45. The fraction of sp³-hybridized carbons (Fsp3) is 0.106. The third kappa shape index (κ3) is 5.90. The summed E-state index contributed by atoms with van der Waals surface area (Å²) in [5.41, 5.74) is 16.7. The summed E-state index contributed by atoms with van der Waals surface area (Å²) >= 11 is 0. The summed E-state index contributed by atoms with van der Waals surface area (Å²) in [7, 11) is 0. The van der Waals surface area contributed by atoms with Gasteiger partial charge in [-0.05, 0) is 103 Å². The van der Waals surface area contributed by atoms with E-state index >= 15 is 0 Å². The predicted octanol–water partition coefficient (Wildman–Crippen LogP) is 11.2. The molecule has 0 fully saturated rings. The van der Waals surface area contributed by atoms with Crippen LogP contribution >= 0.6 is 0 Å². The molecule has 0 atom stereocenters. The quantitative estimate of drug-likeness (QED) is 0.165. The highest BCUT2D eigenvalue weighted by molar-refractivity contribution is 7.00. The minimum atomic E-state index is -4.88. The molecule has 0 amide bonds. The van der Waals surface area contributed by atoms with Crippen LogP contribution in [-0.4, -0.2) is 13.1 Å². The molecule has 3 nitrogen and oxygen atoms in total. The van der Waals surface area contributed by atoms with Crippen molar-refractivity contribution in [3.05, 3.63) is 168 Å². The molecular formula is C47H36BF3N2O. The second-order valence-corrected chi connectivity index (χ2v) is 14.5. The van der Waals surface area contributed by atoms with E-state index in [1.165, 1.54) is 11.1 Å². The van der Waals surface area contributed by atoms with Crippen molar-refractivity contribution >= 4 is 57.2 Å². The van der Waals surface area contributed by atoms with Gasteiger partial charge in [-0.25, -0.2) is 0 Å². The molecule has 0 saturated carbocycles. The van der Waals surface area contributed by atoms with E-state index in [1.807, 2.05) is 62.4 Å². The first-order chi connectivity index (χ1) is 26.0. The lowest BCUT2D eigenvalue weighted by atomic mass is 9.33. The van der Waals surface area contributed by atoms with Gasteiger partial charge >= 0.3 is 6.36 Å². The van der Waals surface area contributed by atoms with Crippen molar-refractivity contribution in [2.75, 3.05) is 9.80 Å². The van der Waals surface area contributed by atoms with Gasteiger partial charge in [-0.15, -0.1) is 13.2 Å². The third-order valence-electron chi connectivity index (χ3n) is 10.6. The summed E-state index contributed by atoms with van der Waals surface area (Å²) in [6.45, 7) is 7.91. The van der Waals surface area contributed by atoms with E-state index < -0.39 is 6.36 Å². The van der Waals surface area contributed by atoms with Gasteiger partial charge in [0.05, 0.1) is 0 Å². The Morgan fingerprint density at radius 2 is 0.778 bits per heavy atom. The Bertz CT molecular complexity index is 2380. The zero-order chi connectivity index (χ0) is 37.3. The Balaban J connectivity index is 1.39. The van der Waals surface area contributed by atoms with Crippen molar-refractivity contribution in [1.29, 1.82) is 0 Å². The molecule has 0 N–H and O–H groups in total. The zero-order valence-electron chi connectivity index (χ0n) is 30.4. The molecule has 54 heavy (non-hydrogen) atoms. The van der Waals surface area contributed by atoms with Crippen molar-refractivity contribution in [3.8, 4) is 28.0 Å². The molecule has 2 aliphatic heterocycles. The third-order valence-corrected chi connectivity index (χ3v) is 10.6. The number of ether oxygens (including phenoxy) is 1. The molecule has 7 heteroatoms. The molecule has 0 spiro atoms. The number of hydrogen-bond donors (Lipinski definition) is 0. The SMILES string of the molecule is Cc1ccc(-c2ccc3c(c2)B2c4cc(-c5ccc(C)cc5)ccc4N(c4ccc(C)cc4)c4cc(OC(F)(F)F)cc(c42)N3c2ccc(C)cc2)cc1. The Morgan fingerprint density at radius 3 is 1.15 bits per heavy atom. The molecular weight excluding hydrogens is 676 g/mol. The van der Waals surface area contributed by atoms with Crippen LogP contribution in [0.3, 0.4) is 0 Å². The molecule has 0 saturated heterocycles. The molecule has 9 rings (SSSR count). The van der Waals surface area contributed by atoms with E-state index in [4.69, 9.17) is 4.74 Å². The van der Waals surface area contributed by atoms with E-state index in [-0.39, 0.29) is 12.5 Å². The lowest BCUT2D eigenvalue weighted by molar-refractivity contribution is -0.274. The first-order valence-corrected chi connectivity index (χ1v) is 18.1. The Hall–Kier alpha value is -6.21. The second-order valence-electron chi connectivity index (χ2n) is 14.5. The monoisotopic (exact) mass is 712 g/mol. The average molecular weight is 713 g/mol. The molecule has 0 aliphatic carbocycles. The number of nitrogens with zero attached hydrogens (tertiary/aromatic N) is 2. The first kappa shape index (κ1) is 33.6. The lowest BCUT2D eigenvalue weighted by Gasteiger charge is -2.44. The van der Waals surface area contributed by atoms with E-state index in [1.54, 1.807) is 12.1 Å². The highest BCUT2D eigenvalue weighted by Crippen LogP contribution is 2.47. The fourth-order valence-corrected chi connectivity index (χ4v) is 7.97. The molecule has 2 aliphatic rings. The van der Waals surface area contributed by atoms with Gasteiger partial charge in [-0.3, -0.25) is 0 Å². The van der Waals surface area contributed by atoms with Crippen LogP contribution in [0.1, 0.15) is 22.3 Å². The van der Waals surface area contributed by atoms with Gasteiger partial charge in [0.2, 0.25) is 0 Å². The summed E-state index contributed by atoms with van der Waals surface area (Å²) < 4.78 is 47.1. The molecule has 264 valence electrons. The number of benzene rings is 7. The normalized spacial score (nSPS) is 13.0. The van der Waals surface area contributed by atoms with Crippen LogP contribution in [0.15, 0.2) is 146 Å². The molecule has 7 aromatic rings. The number of aryl methyl sites for hydroxylation is 4. The minimum Gasteiger partial charge on any atom is -0.406 e. The molecule has 0 bridgehead atoms. The summed E-state index contributed by atoms with van der Waals surface area (Å²) in [5.74, 6) is -0.274. The number of halogens is 3. The van der Waals surface area contributed by atoms with E-state index in [9.17, 15) is 13.2 Å². The molecule has 0 aromatic heterocycles. The van der Waals surface area contributed by atoms with Gasteiger partial charge in [-0.1, -0.05) is 119 Å². The Labute approximate surface area is 314 Å². The maximum absolute atomic E-state index is 14.1. The van der Waals surface area contributed by atoms with Crippen LogP contribution in [0, 0.1) is 27.7 Å². The molecule has 0 unspecified atom stereocenters. The average Bonchev–Trinajstić information content (AvgIpc) is 3.15. The van der Waals surface area contributed by atoms with Crippen LogP contribution in [-0.2, 0) is 0 Å². The van der Waals surface area contributed by atoms with Gasteiger partial charge in [0.1, 0.15) is 5.75 Å². The number of rotatable bonds is 5. The highest BCUT2D eigenvalue weighted by atomic mass is 19.4. The van der Waals surface area contributed by atoms with Crippen molar-refractivity contribution < 1.29 is 17.9 Å². The first-order valence-electron chi connectivity index (χ1n) is 18.1. The summed E-state index contributed by atoms with van der Waals surface area (Å²) in [6, 6.07) is 49.4. The summed E-state index contributed by atoms with van der Waals surface area (Å²) in [5, 5.41) is 0. The van der Waals surface area contributed by atoms with E-state index in [0.29, 0.717) is 11.4 Å². The molecule has 2 heterocycles. The van der Waals surface area contributed by atoms with Crippen molar-refractivity contribution in [3.63, 3.8) is 0 Å². The lowest BCUT2D eigenvalue weighted by Crippen LogP contribution is -2.61. The second kappa shape index (κ2) is 12.7. The number of fused-ring (bicyclic) bond motifs is 4.